The Morgan fingerprint density at radius 1 is 1.11 bits per heavy atom. The number of aliphatic hydroxyl groups excluding tert-OH is 3. The van der Waals surface area contributed by atoms with Crippen molar-refractivity contribution in [2.45, 2.75) is 42.9 Å². The van der Waals surface area contributed by atoms with Crippen LogP contribution in [0.5, 0.6) is 17.2 Å². The predicted molar refractivity (Wildman–Crippen MR) is 121 cm³/mol. The standard InChI is InChI=1S/C24H27N3O8/c1-27(2)8-10-3-5-11(6-4-10)23(32)25-16-14-12-7-13-22(35-9-34-13)18(28)15(12)24(33)26-17(14)20(30)21(31)19(16)29/h3-7,14,16-17,19-21,28-31H,8-9H2,1-2H3,(H,25,32)(H,26,33). The van der Waals surface area contributed by atoms with E-state index in [4.69, 9.17) is 9.47 Å². The van der Waals surface area contributed by atoms with Gasteiger partial charge in [0, 0.05) is 18.0 Å². The van der Waals surface area contributed by atoms with E-state index < -0.39 is 53.9 Å². The number of fused-ring (bicyclic) bond motifs is 4. The second-order valence-corrected chi connectivity index (χ2v) is 9.35. The van der Waals surface area contributed by atoms with Crippen LogP contribution in [-0.2, 0) is 6.54 Å². The van der Waals surface area contributed by atoms with Crippen molar-refractivity contribution in [3.05, 3.63) is 52.6 Å². The number of nitrogens with one attached hydrogen (secondary N) is 2. The van der Waals surface area contributed by atoms with Crippen molar-refractivity contribution in [2.24, 2.45) is 0 Å². The lowest BCUT2D eigenvalue weighted by Crippen LogP contribution is -2.69. The van der Waals surface area contributed by atoms with Gasteiger partial charge in [0.05, 0.1) is 17.6 Å². The van der Waals surface area contributed by atoms with Gasteiger partial charge in [-0.2, -0.15) is 0 Å². The summed E-state index contributed by atoms with van der Waals surface area (Å²) in [4.78, 5) is 28.0. The maximum Gasteiger partial charge on any atom is 0.255 e. The third kappa shape index (κ3) is 3.86. The number of hydrogen-bond donors (Lipinski definition) is 6. The Bertz CT molecular complexity index is 1170. The lowest BCUT2D eigenvalue weighted by molar-refractivity contribution is -0.117. The highest BCUT2D eigenvalue weighted by atomic mass is 16.7. The minimum absolute atomic E-state index is 0.0210. The lowest BCUT2D eigenvalue weighted by atomic mass is 9.68. The van der Waals surface area contributed by atoms with Gasteiger partial charge in [-0.1, -0.05) is 12.1 Å². The van der Waals surface area contributed by atoms with Crippen LogP contribution in [0.25, 0.3) is 0 Å². The molecule has 1 saturated carbocycles. The van der Waals surface area contributed by atoms with Crippen LogP contribution < -0.4 is 20.1 Å². The molecule has 2 aromatic rings. The molecule has 0 spiro atoms. The summed E-state index contributed by atoms with van der Waals surface area (Å²) in [6.07, 6.45) is -4.70. The zero-order chi connectivity index (χ0) is 25.0. The van der Waals surface area contributed by atoms with E-state index in [1.165, 1.54) is 6.07 Å². The molecule has 2 amide bonds. The van der Waals surface area contributed by atoms with Gasteiger partial charge < -0.3 is 45.4 Å². The molecule has 1 aliphatic carbocycles. The van der Waals surface area contributed by atoms with E-state index in [1.54, 1.807) is 12.1 Å². The molecule has 2 aromatic carbocycles. The minimum Gasteiger partial charge on any atom is -0.504 e. The molecule has 0 bridgehead atoms. The molecule has 0 saturated heterocycles. The smallest absolute Gasteiger partial charge is 0.255 e. The van der Waals surface area contributed by atoms with Crippen molar-refractivity contribution in [3.8, 4) is 17.2 Å². The quantitative estimate of drug-likeness (QED) is 0.328. The minimum atomic E-state index is -1.63. The van der Waals surface area contributed by atoms with E-state index in [1.807, 2.05) is 31.1 Å². The fraction of sp³-hybridized carbons (Fsp3) is 0.417. The molecule has 6 unspecified atom stereocenters. The van der Waals surface area contributed by atoms with Crippen molar-refractivity contribution < 1.29 is 39.5 Å². The van der Waals surface area contributed by atoms with Crippen molar-refractivity contribution in [3.63, 3.8) is 0 Å². The molecule has 11 heteroatoms. The number of phenols is 1. The van der Waals surface area contributed by atoms with Crippen LogP contribution in [0.15, 0.2) is 30.3 Å². The van der Waals surface area contributed by atoms with Crippen LogP contribution in [0.4, 0.5) is 0 Å². The fourth-order valence-electron chi connectivity index (χ4n) is 5.14. The highest BCUT2D eigenvalue weighted by molar-refractivity contribution is 6.02. The largest absolute Gasteiger partial charge is 0.504 e. The Kier molecular flexibility index (Phi) is 5.80. The first kappa shape index (κ1) is 23.4. The third-order valence-electron chi connectivity index (χ3n) is 6.77. The van der Waals surface area contributed by atoms with Crippen molar-refractivity contribution >= 4 is 11.8 Å². The first-order valence-electron chi connectivity index (χ1n) is 11.2. The summed E-state index contributed by atoms with van der Waals surface area (Å²) in [5.74, 6) is -2.27. The Morgan fingerprint density at radius 3 is 2.51 bits per heavy atom. The number of carbonyl (C=O) groups is 2. The Hall–Kier alpha value is -3.38. The van der Waals surface area contributed by atoms with Gasteiger partial charge >= 0.3 is 0 Å². The number of phenolic OH excluding ortho intramolecular Hbond substituents is 1. The number of carbonyl (C=O) groups excluding carboxylic acids is 2. The van der Waals surface area contributed by atoms with Gasteiger partial charge in [-0.25, -0.2) is 0 Å². The number of benzene rings is 2. The van der Waals surface area contributed by atoms with E-state index in [9.17, 15) is 30.0 Å². The van der Waals surface area contributed by atoms with Gasteiger partial charge in [0.15, 0.2) is 11.5 Å². The monoisotopic (exact) mass is 485 g/mol. The number of aromatic hydroxyl groups is 1. The summed E-state index contributed by atoms with van der Waals surface area (Å²) in [7, 11) is 3.87. The zero-order valence-electron chi connectivity index (χ0n) is 19.1. The van der Waals surface area contributed by atoms with Crippen molar-refractivity contribution in [1.29, 1.82) is 0 Å². The number of amides is 2. The summed E-state index contributed by atoms with van der Waals surface area (Å²) in [6.45, 7) is 0.558. The Morgan fingerprint density at radius 2 is 1.83 bits per heavy atom. The SMILES string of the molecule is CN(C)Cc1ccc(C(=O)NC2C(O)C(O)C(O)C3NC(=O)c4c(cc5c(c4O)OCO5)C23)cc1. The normalized spacial score (nSPS) is 28.8. The molecule has 11 nitrogen and oxygen atoms in total. The number of aliphatic hydroxyl groups is 3. The summed E-state index contributed by atoms with van der Waals surface area (Å²) in [5.41, 5.74) is 1.51. The summed E-state index contributed by atoms with van der Waals surface area (Å²) < 4.78 is 10.6. The van der Waals surface area contributed by atoms with Crippen LogP contribution in [0, 0.1) is 0 Å². The molecule has 186 valence electrons. The van der Waals surface area contributed by atoms with E-state index in [0.29, 0.717) is 12.1 Å². The Balaban J connectivity index is 1.51. The fourth-order valence-corrected chi connectivity index (χ4v) is 5.14. The molecule has 3 aliphatic rings. The molecule has 1 fully saturated rings. The second kappa shape index (κ2) is 8.68. The number of nitrogens with zero attached hydrogens (tertiary/aromatic N) is 1. The van der Waals surface area contributed by atoms with Gasteiger partial charge in [-0.05, 0) is 43.4 Å². The third-order valence-corrected chi connectivity index (χ3v) is 6.77. The average Bonchev–Trinajstić information content (AvgIpc) is 3.29. The molecule has 6 atom stereocenters. The van der Waals surface area contributed by atoms with E-state index in [0.717, 1.165) is 5.56 Å². The highest BCUT2D eigenvalue weighted by Crippen LogP contribution is 2.50. The Labute approximate surface area is 200 Å². The highest BCUT2D eigenvalue weighted by Gasteiger charge is 2.54. The van der Waals surface area contributed by atoms with Gasteiger partial charge in [-0.3, -0.25) is 9.59 Å². The number of rotatable bonds is 4. The van der Waals surface area contributed by atoms with Gasteiger partial charge in [-0.15, -0.1) is 0 Å². The molecule has 2 aliphatic heterocycles. The predicted octanol–water partition coefficient (Wildman–Crippen LogP) is -0.727. The van der Waals surface area contributed by atoms with E-state index >= 15 is 0 Å². The van der Waals surface area contributed by atoms with Crippen LogP contribution >= 0.6 is 0 Å². The van der Waals surface area contributed by atoms with Gasteiger partial charge in [0.2, 0.25) is 12.5 Å². The molecular weight excluding hydrogens is 458 g/mol. The molecular formula is C24H27N3O8. The summed E-state index contributed by atoms with van der Waals surface area (Å²) in [6, 6.07) is 6.32. The molecule has 35 heavy (non-hydrogen) atoms. The molecule has 5 rings (SSSR count). The average molecular weight is 485 g/mol. The van der Waals surface area contributed by atoms with E-state index in [-0.39, 0.29) is 29.4 Å². The maximum absolute atomic E-state index is 13.1. The second-order valence-electron chi connectivity index (χ2n) is 9.35. The summed E-state index contributed by atoms with van der Waals surface area (Å²) >= 11 is 0. The molecule has 0 radical (unpaired) electrons. The first-order chi connectivity index (χ1) is 16.7. The topological polar surface area (TPSA) is 161 Å². The molecule has 2 heterocycles. The van der Waals surface area contributed by atoms with Crippen LogP contribution in [0.1, 0.15) is 37.8 Å². The summed E-state index contributed by atoms with van der Waals surface area (Å²) in [5, 5.41) is 48.1. The van der Waals surface area contributed by atoms with Gasteiger partial charge in [0.25, 0.3) is 11.8 Å². The lowest BCUT2D eigenvalue weighted by Gasteiger charge is -2.49. The van der Waals surface area contributed by atoms with Gasteiger partial charge in [0.1, 0.15) is 18.3 Å². The van der Waals surface area contributed by atoms with Crippen LogP contribution in [-0.4, -0.2) is 88.4 Å². The van der Waals surface area contributed by atoms with Crippen molar-refractivity contribution in [2.75, 3.05) is 20.9 Å². The first-order valence-corrected chi connectivity index (χ1v) is 11.2. The zero-order valence-corrected chi connectivity index (χ0v) is 19.1. The molecule has 0 aromatic heterocycles. The molecule has 6 N–H and O–H groups in total. The van der Waals surface area contributed by atoms with Crippen molar-refractivity contribution in [1.82, 2.24) is 15.5 Å². The van der Waals surface area contributed by atoms with Crippen LogP contribution in [0.2, 0.25) is 0 Å². The number of hydrogen-bond acceptors (Lipinski definition) is 9. The number of ether oxygens (including phenoxy) is 2. The maximum atomic E-state index is 13.1. The van der Waals surface area contributed by atoms with E-state index in [2.05, 4.69) is 10.6 Å². The van der Waals surface area contributed by atoms with Crippen LogP contribution in [0.3, 0.4) is 0 Å².